The van der Waals surface area contributed by atoms with Gasteiger partial charge in [-0.1, -0.05) is 19.3 Å². The van der Waals surface area contributed by atoms with Crippen LogP contribution in [-0.2, 0) is 11.3 Å². The van der Waals surface area contributed by atoms with Crippen molar-refractivity contribution in [1.82, 2.24) is 14.9 Å². The molecule has 1 aliphatic carbocycles. The van der Waals surface area contributed by atoms with Crippen LogP contribution in [0.1, 0.15) is 62.3 Å². The van der Waals surface area contributed by atoms with Crippen LogP contribution < -0.4 is 0 Å². The van der Waals surface area contributed by atoms with Gasteiger partial charge in [-0.05, 0) is 61.8 Å². The monoisotopic (exact) mass is 339 g/mol. The summed E-state index contributed by atoms with van der Waals surface area (Å²) in [5.41, 5.74) is 3.75. The molecule has 3 atom stereocenters. The zero-order chi connectivity index (χ0) is 16.6. The highest BCUT2D eigenvalue weighted by atomic mass is 16.5. The minimum atomic E-state index is 0.233. The Balaban J connectivity index is 1.42. The van der Waals surface area contributed by atoms with E-state index < -0.39 is 0 Å². The summed E-state index contributed by atoms with van der Waals surface area (Å²) in [7, 11) is 0. The lowest BCUT2D eigenvalue weighted by Crippen LogP contribution is -2.41. The number of hydrogen-bond acceptors (Lipinski definition) is 3. The normalized spacial score (nSPS) is 30.6. The van der Waals surface area contributed by atoms with E-state index in [1.807, 2.05) is 6.20 Å². The molecule has 134 valence electrons. The van der Waals surface area contributed by atoms with Crippen molar-refractivity contribution < 1.29 is 4.74 Å². The minimum Gasteiger partial charge on any atom is -0.372 e. The second-order valence-corrected chi connectivity index (χ2v) is 8.25. The number of fused-ring (bicyclic) bond motifs is 2. The van der Waals surface area contributed by atoms with Crippen LogP contribution in [-0.4, -0.2) is 34.6 Å². The maximum absolute atomic E-state index is 6.01. The Hall–Kier alpha value is -1.39. The molecule has 2 aromatic rings. The molecule has 0 unspecified atom stereocenters. The molecule has 1 saturated carbocycles. The van der Waals surface area contributed by atoms with Gasteiger partial charge >= 0.3 is 0 Å². The molecule has 25 heavy (non-hydrogen) atoms. The van der Waals surface area contributed by atoms with Gasteiger partial charge in [0.2, 0.25) is 0 Å². The van der Waals surface area contributed by atoms with Crippen molar-refractivity contribution in [2.24, 2.45) is 11.8 Å². The SMILES string of the molecule is c1cnc2[nH]c([C@@H]3CCCO3)c(CN3CC[C@@H]4CCCC[C@H]4C3)c2c1. The molecule has 0 radical (unpaired) electrons. The average Bonchev–Trinajstić information content (AvgIpc) is 3.30. The molecule has 3 aliphatic rings. The van der Waals surface area contributed by atoms with E-state index in [0.717, 1.165) is 37.1 Å². The molecule has 2 saturated heterocycles. The topological polar surface area (TPSA) is 41.1 Å². The molecule has 3 fully saturated rings. The predicted molar refractivity (Wildman–Crippen MR) is 99.4 cm³/mol. The molecule has 0 amide bonds. The molecular weight excluding hydrogens is 310 g/mol. The van der Waals surface area contributed by atoms with Gasteiger partial charge < -0.3 is 9.72 Å². The van der Waals surface area contributed by atoms with E-state index in [0.29, 0.717) is 0 Å². The van der Waals surface area contributed by atoms with Crippen molar-refractivity contribution in [3.8, 4) is 0 Å². The molecule has 0 bridgehead atoms. The number of likely N-dealkylation sites (tertiary alicyclic amines) is 1. The molecular formula is C21H29N3O. The number of piperidine rings is 1. The van der Waals surface area contributed by atoms with Crippen LogP contribution >= 0.6 is 0 Å². The minimum absolute atomic E-state index is 0.233. The summed E-state index contributed by atoms with van der Waals surface area (Å²) in [5, 5.41) is 1.29. The number of rotatable bonds is 3. The predicted octanol–water partition coefficient (Wildman–Crippen LogP) is 4.43. The van der Waals surface area contributed by atoms with Crippen molar-refractivity contribution in [2.45, 2.75) is 57.6 Å². The van der Waals surface area contributed by atoms with Gasteiger partial charge in [-0.15, -0.1) is 0 Å². The first-order chi connectivity index (χ1) is 12.4. The molecule has 2 aliphatic heterocycles. The lowest BCUT2D eigenvalue weighted by atomic mass is 9.75. The summed E-state index contributed by atoms with van der Waals surface area (Å²) in [4.78, 5) is 10.8. The second-order valence-electron chi connectivity index (χ2n) is 8.25. The lowest BCUT2D eigenvalue weighted by molar-refractivity contribution is 0.0796. The van der Waals surface area contributed by atoms with Crippen molar-refractivity contribution in [3.05, 3.63) is 29.6 Å². The lowest BCUT2D eigenvalue weighted by Gasteiger charge is -2.41. The number of pyridine rings is 1. The standard InChI is InChI=1S/C21H29N3O/c1-2-6-16-13-24(11-9-15(16)5-1)14-18-17-7-3-10-22-21(17)23-20(18)19-8-4-12-25-19/h3,7,10,15-16,19H,1-2,4-6,8-9,11-14H2,(H,22,23)/t15-,16-,19-/m0/s1. The molecule has 4 nitrogen and oxygen atoms in total. The van der Waals surface area contributed by atoms with E-state index in [2.05, 4.69) is 27.0 Å². The van der Waals surface area contributed by atoms with Crippen LogP contribution in [0.15, 0.2) is 18.3 Å². The number of aromatic amines is 1. The zero-order valence-electron chi connectivity index (χ0n) is 15.0. The zero-order valence-corrected chi connectivity index (χ0v) is 15.0. The summed E-state index contributed by atoms with van der Waals surface area (Å²) < 4.78 is 6.01. The first-order valence-electron chi connectivity index (χ1n) is 10.2. The number of nitrogens with one attached hydrogen (secondary N) is 1. The fraction of sp³-hybridized carbons (Fsp3) is 0.667. The maximum Gasteiger partial charge on any atom is 0.137 e. The molecule has 4 heterocycles. The summed E-state index contributed by atoms with van der Waals surface area (Å²) >= 11 is 0. The smallest absolute Gasteiger partial charge is 0.137 e. The fourth-order valence-corrected chi connectivity index (χ4v) is 5.39. The van der Waals surface area contributed by atoms with Gasteiger partial charge in [0.1, 0.15) is 5.65 Å². The number of ether oxygens (including phenoxy) is 1. The third-order valence-electron chi connectivity index (χ3n) is 6.72. The molecule has 2 aromatic heterocycles. The van der Waals surface area contributed by atoms with Gasteiger partial charge in [-0.2, -0.15) is 0 Å². The number of hydrogen-bond donors (Lipinski definition) is 1. The summed E-state index contributed by atoms with van der Waals surface area (Å²) in [6.45, 7) is 4.46. The van der Waals surface area contributed by atoms with Gasteiger partial charge in [0.15, 0.2) is 0 Å². The fourth-order valence-electron chi connectivity index (χ4n) is 5.39. The Morgan fingerprint density at radius 3 is 2.92 bits per heavy atom. The largest absolute Gasteiger partial charge is 0.372 e. The molecule has 1 N–H and O–H groups in total. The third kappa shape index (κ3) is 3.00. The van der Waals surface area contributed by atoms with E-state index in [1.165, 1.54) is 68.3 Å². The Morgan fingerprint density at radius 2 is 2.04 bits per heavy atom. The second kappa shape index (κ2) is 6.73. The molecule has 0 spiro atoms. The van der Waals surface area contributed by atoms with Gasteiger partial charge in [0.25, 0.3) is 0 Å². The van der Waals surface area contributed by atoms with Crippen LogP contribution in [0, 0.1) is 11.8 Å². The summed E-state index contributed by atoms with van der Waals surface area (Å²) in [5.74, 6) is 1.92. The summed E-state index contributed by atoms with van der Waals surface area (Å²) in [6, 6.07) is 4.28. The van der Waals surface area contributed by atoms with Crippen molar-refractivity contribution in [3.63, 3.8) is 0 Å². The summed E-state index contributed by atoms with van der Waals surface area (Å²) in [6.07, 6.45) is 11.6. The quantitative estimate of drug-likeness (QED) is 0.899. The highest BCUT2D eigenvalue weighted by Crippen LogP contribution is 2.38. The van der Waals surface area contributed by atoms with Crippen molar-refractivity contribution >= 4 is 11.0 Å². The third-order valence-corrected chi connectivity index (χ3v) is 6.72. The van der Waals surface area contributed by atoms with E-state index >= 15 is 0 Å². The maximum atomic E-state index is 6.01. The van der Waals surface area contributed by atoms with Crippen LogP contribution in [0.2, 0.25) is 0 Å². The molecule has 0 aromatic carbocycles. The van der Waals surface area contributed by atoms with Crippen LogP contribution in [0.3, 0.4) is 0 Å². The van der Waals surface area contributed by atoms with Gasteiger partial charge in [0.05, 0.1) is 11.8 Å². The highest BCUT2D eigenvalue weighted by molar-refractivity contribution is 5.81. The highest BCUT2D eigenvalue weighted by Gasteiger charge is 2.32. The van der Waals surface area contributed by atoms with E-state index in [9.17, 15) is 0 Å². The Labute approximate surface area is 150 Å². The first-order valence-corrected chi connectivity index (χ1v) is 10.2. The van der Waals surface area contributed by atoms with Crippen LogP contribution in [0.25, 0.3) is 11.0 Å². The van der Waals surface area contributed by atoms with Gasteiger partial charge in [-0.3, -0.25) is 4.90 Å². The molecule has 4 heteroatoms. The Bertz CT molecular complexity index is 734. The van der Waals surface area contributed by atoms with E-state index in [4.69, 9.17) is 4.74 Å². The van der Waals surface area contributed by atoms with Crippen molar-refractivity contribution in [2.75, 3.05) is 19.7 Å². The van der Waals surface area contributed by atoms with Crippen LogP contribution in [0.5, 0.6) is 0 Å². The molecule has 5 rings (SSSR count). The first kappa shape index (κ1) is 15.8. The Morgan fingerprint density at radius 1 is 1.12 bits per heavy atom. The Kier molecular flexibility index (Phi) is 4.26. The van der Waals surface area contributed by atoms with E-state index in [1.54, 1.807) is 0 Å². The number of H-pyrrole nitrogens is 1. The number of aromatic nitrogens is 2. The van der Waals surface area contributed by atoms with E-state index in [-0.39, 0.29) is 6.10 Å². The number of nitrogens with zero attached hydrogens (tertiary/aromatic N) is 2. The van der Waals surface area contributed by atoms with Crippen molar-refractivity contribution in [1.29, 1.82) is 0 Å². The average molecular weight is 339 g/mol. The van der Waals surface area contributed by atoms with Gasteiger partial charge in [0, 0.05) is 31.3 Å². The van der Waals surface area contributed by atoms with Gasteiger partial charge in [-0.25, -0.2) is 4.98 Å². The van der Waals surface area contributed by atoms with Crippen LogP contribution in [0.4, 0.5) is 0 Å².